The first-order valence-corrected chi connectivity index (χ1v) is 3.45. The van der Waals surface area contributed by atoms with Crippen molar-refractivity contribution in [3.05, 3.63) is 21.9 Å². The Morgan fingerprint density at radius 3 is 2.71 bits per heavy atom. The van der Waals surface area contributed by atoms with Gasteiger partial charge in [0.2, 0.25) is 5.78 Å². The highest BCUT2D eigenvalue weighted by Crippen LogP contribution is 2.08. The van der Waals surface area contributed by atoms with Gasteiger partial charge < -0.3 is 15.2 Å². The molecule has 0 saturated heterocycles. The molecule has 0 aliphatic heterocycles. The molecule has 74 valence electrons. The number of carboxylic acid groups (broad SMARTS) is 1. The lowest BCUT2D eigenvalue weighted by Gasteiger charge is -1.87. The second-order valence-electron chi connectivity index (χ2n) is 2.41. The maximum Gasteiger partial charge on any atom is 0.372 e. The number of ketones is 1. The molecule has 1 heterocycles. The van der Waals surface area contributed by atoms with Crippen LogP contribution in [0.3, 0.4) is 0 Å². The molecule has 2 N–H and O–H groups in total. The number of hydrogen-bond donors (Lipinski definition) is 2. The second-order valence-corrected chi connectivity index (χ2v) is 2.41. The molecule has 0 unspecified atom stereocenters. The van der Waals surface area contributed by atoms with Crippen LogP contribution >= 0.6 is 0 Å². The highest BCUT2D eigenvalue weighted by Gasteiger charge is 2.17. The van der Waals surface area contributed by atoms with Gasteiger partial charge in [-0.15, -0.1) is 5.10 Å². The fourth-order valence-corrected chi connectivity index (χ4v) is 0.776. The van der Waals surface area contributed by atoms with E-state index in [1.807, 2.05) is 0 Å². The van der Waals surface area contributed by atoms with Gasteiger partial charge in [-0.1, -0.05) is 5.10 Å². The molecule has 0 amide bonds. The minimum atomic E-state index is -1.59. The summed E-state index contributed by atoms with van der Waals surface area (Å²) in [5.41, 5.74) is 0.0316. The summed E-state index contributed by atoms with van der Waals surface area (Å²) in [5.74, 6) is -3.03. The summed E-state index contributed by atoms with van der Waals surface area (Å²) < 4.78 is 0. The Morgan fingerprint density at radius 2 is 2.29 bits per heavy atom. The zero-order valence-electron chi connectivity index (χ0n) is 6.76. The van der Waals surface area contributed by atoms with Gasteiger partial charge in [0.15, 0.2) is 0 Å². The molecule has 1 aromatic rings. The number of carboxylic acids is 1. The van der Waals surface area contributed by atoms with Crippen LogP contribution in [-0.4, -0.2) is 32.0 Å². The molecule has 0 aromatic carbocycles. The van der Waals surface area contributed by atoms with Crippen molar-refractivity contribution < 1.29 is 19.6 Å². The lowest BCUT2D eigenvalue weighted by molar-refractivity contribution is -0.389. The molecule has 0 radical (unpaired) electrons. The molecule has 0 bridgehead atoms. The van der Waals surface area contributed by atoms with Crippen LogP contribution in [0.25, 0.3) is 0 Å². The van der Waals surface area contributed by atoms with Crippen LogP contribution in [0.15, 0.2) is 6.07 Å². The molecular formula is C6H5N3O5. The van der Waals surface area contributed by atoms with E-state index in [-0.39, 0.29) is 11.5 Å². The zero-order chi connectivity index (χ0) is 10.7. The first-order valence-electron chi connectivity index (χ1n) is 3.45. The van der Waals surface area contributed by atoms with Crippen molar-refractivity contribution >= 4 is 17.6 Å². The number of aliphatic carboxylic acids is 1. The molecular weight excluding hydrogens is 194 g/mol. The minimum absolute atomic E-state index is 0.0316. The van der Waals surface area contributed by atoms with Crippen molar-refractivity contribution in [2.75, 3.05) is 0 Å². The third-order valence-corrected chi connectivity index (χ3v) is 1.39. The number of carbonyl (C=O) groups is 2. The predicted molar refractivity (Wildman–Crippen MR) is 41.6 cm³/mol. The first-order chi connectivity index (χ1) is 6.50. The van der Waals surface area contributed by atoms with E-state index in [1.165, 1.54) is 0 Å². The number of aromatic nitrogens is 2. The molecule has 0 fully saturated rings. The van der Waals surface area contributed by atoms with E-state index in [0.717, 1.165) is 6.07 Å². The molecule has 1 aromatic heterocycles. The number of H-pyrrole nitrogens is 1. The maximum atomic E-state index is 10.7. The van der Waals surface area contributed by atoms with Crippen LogP contribution in [-0.2, 0) is 16.0 Å². The lowest BCUT2D eigenvalue weighted by atomic mass is 10.2. The Kier molecular flexibility index (Phi) is 2.56. The smallest absolute Gasteiger partial charge is 0.372 e. The first kappa shape index (κ1) is 9.84. The van der Waals surface area contributed by atoms with Crippen molar-refractivity contribution in [2.45, 2.75) is 6.42 Å². The van der Waals surface area contributed by atoms with E-state index in [1.54, 1.807) is 0 Å². The Morgan fingerprint density at radius 1 is 1.64 bits per heavy atom. The van der Waals surface area contributed by atoms with Gasteiger partial charge in [-0.25, -0.2) is 4.79 Å². The standard InChI is InChI=1S/C6H5N3O5/c10-4(6(11)12)1-3-2-5(8-7-3)9(13)14/h2H,1H2,(H,7,8)(H,11,12). The van der Waals surface area contributed by atoms with E-state index in [4.69, 9.17) is 5.11 Å². The quantitative estimate of drug-likeness (QED) is 0.383. The topological polar surface area (TPSA) is 126 Å². The van der Waals surface area contributed by atoms with Gasteiger partial charge in [-0.2, -0.15) is 0 Å². The van der Waals surface area contributed by atoms with Crippen molar-refractivity contribution in [1.29, 1.82) is 0 Å². The number of nitrogens with one attached hydrogen (secondary N) is 1. The number of nitrogens with zero attached hydrogens (tertiary/aromatic N) is 2. The van der Waals surface area contributed by atoms with Gasteiger partial charge in [0.1, 0.15) is 0 Å². The molecule has 0 atom stereocenters. The largest absolute Gasteiger partial charge is 0.475 e. The highest BCUT2D eigenvalue weighted by atomic mass is 16.6. The van der Waals surface area contributed by atoms with Gasteiger partial charge in [-0.05, 0) is 4.92 Å². The molecule has 0 saturated carbocycles. The van der Waals surface area contributed by atoms with Crippen LogP contribution in [0, 0.1) is 10.1 Å². The molecule has 0 aliphatic rings. The number of rotatable bonds is 4. The van der Waals surface area contributed by atoms with Gasteiger partial charge in [0.25, 0.3) is 0 Å². The molecule has 14 heavy (non-hydrogen) atoms. The zero-order valence-corrected chi connectivity index (χ0v) is 6.76. The fourth-order valence-electron chi connectivity index (χ4n) is 0.776. The lowest BCUT2D eigenvalue weighted by Crippen LogP contribution is -2.15. The average molecular weight is 199 g/mol. The SMILES string of the molecule is O=C(O)C(=O)Cc1cc([N+](=O)[O-])[nH]n1. The monoisotopic (exact) mass is 199 g/mol. The van der Waals surface area contributed by atoms with Crippen molar-refractivity contribution in [3.8, 4) is 0 Å². The summed E-state index contributed by atoms with van der Waals surface area (Å²) in [6.07, 6.45) is -0.459. The van der Waals surface area contributed by atoms with Gasteiger partial charge >= 0.3 is 11.8 Å². The third kappa shape index (κ3) is 2.12. The van der Waals surface area contributed by atoms with Gasteiger partial charge in [0, 0.05) is 0 Å². The Balaban J connectivity index is 2.74. The van der Waals surface area contributed by atoms with E-state index in [0.29, 0.717) is 0 Å². The Hall–Kier alpha value is -2.25. The third-order valence-electron chi connectivity index (χ3n) is 1.39. The fraction of sp³-hybridized carbons (Fsp3) is 0.167. The van der Waals surface area contributed by atoms with Gasteiger partial charge in [-0.3, -0.25) is 4.79 Å². The van der Waals surface area contributed by atoms with Crippen LogP contribution < -0.4 is 0 Å². The Labute approximate surface area is 76.7 Å². The number of hydrogen-bond acceptors (Lipinski definition) is 5. The van der Waals surface area contributed by atoms with E-state index in [2.05, 4.69) is 10.2 Å². The van der Waals surface area contributed by atoms with Crippen LogP contribution in [0.1, 0.15) is 5.69 Å². The minimum Gasteiger partial charge on any atom is -0.475 e. The normalized spacial score (nSPS) is 9.71. The highest BCUT2D eigenvalue weighted by molar-refractivity contribution is 6.33. The summed E-state index contributed by atoms with van der Waals surface area (Å²) in [7, 11) is 0. The van der Waals surface area contributed by atoms with E-state index in [9.17, 15) is 19.7 Å². The Bertz CT molecular complexity index is 396. The van der Waals surface area contributed by atoms with Crippen LogP contribution in [0.4, 0.5) is 5.82 Å². The van der Waals surface area contributed by atoms with Crippen LogP contribution in [0.2, 0.25) is 0 Å². The summed E-state index contributed by atoms with van der Waals surface area (Å²) in [5, 5.41) is 23.9. The number of carbonyl (C=O) groups excluding carboxylic acids is 1. The molecule has 1 rings (SSSR count). The molecule has 8 heteroatoms. The average Bonchev–Trinajstić information content (AvgIpc) is 2.52. The predicted octanol–water partition coefficient (Wildman–Crippen LogP) is -0.486. The van der Waals surface area contributed by atoms with Crippen molar-refractivity contribution in [1.82, 2.24) is 10.2 Å². The molecule has 0 spiro atoms. The maximum absolute atomic E-state index is 10.7. The van der Waals surface area contributed by atoms with Crippen molar-refractivity contribution in [3.63, 3.8) is 0 Å². The number of Topliss-reactive ketones (excluding diaryl/α,β-unsaturated/α-hetero) is 1. The summed E-state index contributed by atoms with van der Waals surface area (Å²) >= 11 is 0. The van der Waals surface area contributed by atoms with Crippen LogP contribution in [0.5, 0.6) is 0 Å². The second kappa shape index (κ2) is 3.64. The molecule has 0 aliphatic carbocycles. The van der Waals surface area contributed by atoms with E-state index >= 15 is 0 Å². The molecule has 8 nitrogen and oxygen atoms in total. The summed E-state index contributed by atoms with van der Waals surface area (Å²) in [6, 6.07) is 1.01. The van der Waals surface area contributed by atoms with Crippen molar-refractivity contribution in [2.24, 2.45) is 0 Å². The summed E-state index contributed by atoms with van der Waals surface area (Å²) in [4.78, 5) is 30.2. The van der Waals surface area contributed by atoms with E-state index < -0.39 is 23.1 Å². The summed E-state index contributed by atoms with van der Waals surface area (Å²) in [6.45, 7) is 0. The number of aromatic amines is 1. The number of nitro groups is 1. The van der Waals surface area contributed by atoms with Gasteiger partial charge in [0.05, 0.1) is 18.2 Å².